The number of aromatic nitrogens is 1. The average molecular weight is 571 g/mol. The first-order valence-electron chi connectivity index (χ1n) is 14.8. The van der Waals surface area contributed by atoms with Gasteiger partial charge in [0.15, 0.2) is 0 Å². The highest BCUT2D eigenvalue weighted by atomic mass is 32.2. The summed E-state index contributed by atoms with van der Waals surface area (Å²) in [5.41, 5.74) is 1.24. The Labute approximate surface area is 244 Å². The van der Waals surface area contributed by atoms with E-state index in [1.54, 1.807) is 16.5 Å². The highest BCUT2D eigenvalue weighted by Gasteiger charge is 2.33. The van der Waals surface area contributed by atoms with E-state index < -0.39 is 0 Å². The van der Waals surface area contributed by atoms with E-state index in [9.17, 15) is 14.9 Å². The van der Waals surface area contributed by atoms with Gasteiger partial charge >= 0.3 is 0 Å². The molecule has 39 heavy (non-hydrogen) atoms. The number of hydrogen-bond donors (Lipinski definition) is 0. The number of carbonyl (C=O) groups is 1. The van der Waals surface area contributed by atoms with Crippen LogP contribution in [0.4, 0.5) is 5.82 Å². The van der Waals surface area contributed by atoms with Crippen molar-refractivity contribution in [2.24, 2.45) is 18.9 Å². The van der Waals surface area contributed by atoms with Crippen molar-refractivity contribution < 1.29 is 4.79 Å². The molecule has 2 aliphatic heterocycles. The quantitative estimate of drug-likeness (QED) is 0.142. The van der Waals surface area contributed by atoms with Crippen LogP contribution in [-0.2, 0) is 11.8 Å². The molecule has 3 heterocycles. The summed E-state index contributed by atoms with van der Waals surface area (Å²) in [6.45, 7) is 10.8. The second kappa shape index (κ2) is 15.0. The van der Waals surface area contributed by atoms with E-state index >= 15 is 0 Å². The van der Waals surface area contributed by atoms with Gasteiger partial charge in [0.2, 0.25) is 0 Å². The molecule has 2 saturated heterocycles. The molecule has 1 aromatic heterocycles. The molecule has 0 bridgehead atoms. The molecule has 2 unspecified atom stereocenters. The molecule has 6 nitrogen and oxygen atoms in total. The minimum Gasteiger partial charge on any atom is -0.357 e. The van der Waals surface area contributed by atoms with Crippen molar-refractivity contribution in [3.63, 3.8) is 0 Å². The number of amides is 1. The van der Waals surface area contributed by atoms with Crippen molar-refractivity contribution in [3.8, 4) is 6.07 Å². The molecule has 0 radical (unpaired) electrons. The Hall–Kier alpha value is -2.11. The summed E-state index contributed by atoms with van der Waals surface area (Å²) in [6.07, 6.45) is 15.5. The van der Waals surface area contributed by atoms with E-state index in [4.69, 9.17) is 12.2 Å². The Morgan fingerprint density at radius 3 is 2.13 bits per heavy atom. The number of thioether (sulfide) groups is 1. The fourth-order valence-corrected chi connectivity index (χ4v) is 7.30. The molecule has 3 rings (SSSR count). The zero-order valence-electron chi connectivity index (χ0n) is 24.6. The van der Waals surface area contributed by atoms with Gasteiger partial charge in [-0.15, -0.1) is 0 Å². The Morgan fingerprint density at radius 1 is 1.00 bits per heavy atom. The molecule has 0 aliphatic carbocycles. The predicted molar refractivity (Wildman–Crippen MR) is 168 cm³/mol. The van der Waals surface area contributed by atoms with Crippen molar-refractivity contribution >= 4 is 46.1 Å². The minimum atomic E-state index is -0.290. The van der Waals surface area contributed by atoms with Crippen molar-refractivity contribution in [3.05, 3.63) is 31.9 Å². The van der Waals surface area contributed by atoms with Crippen LogP contribution >= 0.6 is 24.0 Å². The topological polar surface area (TPSA) is 69.3 Å². The zero-order valence-corrected chi connectivity index (χ0v) is 26.2. The molecular weight excluding hydrogens is 525 g/mol. The maximum absolute atomic E-state index is 13.4. The Morgan fingerprint density at radius 2 is 1.56 bits per heavy atom. The molecule has 0 spiro atoms. The molecular formula is C31H46N4O2S2. The van der Waals surface area contributed by atoms with Crippen LogP contribution in [-0.4, -0.2) is 39.3 Å². The molecule has 0 N–H and O–H groups in total. The number of carbonyl (C=O) groups excluding carboxylic acids is 1. The van der Waals surface area contributed by atoms with Gasteiger partial charge in [-0.1, -0.05) is 103 Å². The third kappa shape index (κ3) is 7.98. The summed E-state index contributed by atoms with van der Waals surface area (Å²) >= 11 is 6.93. The zero-order chi connectivity index (χ0) is 28.5. The number of piperidine rings is 1. The van der Waals surface area contributed by atoms with E-state index in [0.29, 0.717) is 33.2 Å². The molecule has 2 fully saturated rings. The smallest absolute Gasteiger partial charge is 0.270 e. The monoisotopic (exact) mass is 570 g/mol. The predicted octanol–water partition coefficient (Wildman–Crippen LogP) is 7.17. The molecule has 1 aromatic rings. The van der Waals surface area contributed by atoms with Crippen LogP contribution in [0.3, 0.4) is 0 Å². The summed E-state index contributed by atoms with van der Waals surface area (Å²) < 4.78 is 2.18. The normalized spacial score (nSPS) is 20.8. The Balaban J connectivity index is 1.72. The average Bonchev–Trinajstić information content (AvgIpc) is 3.15. The summed E-state index contributed by atoms with van der Waals surface area (Å²) in [4.78, 5) is 31.0. The summed E-state index contributed by atoms with van der Waals surface area (Å²) in [5, 5.41) is 9.75. The lowest BCUT2D eigenvalue weighted by Crippen LogP contribution is -2.42. The van der Waals surface area contributed by atoms with Gasteiger partial charge in [0.25, 0.3) is 11.5 Å². The SMILES string of the molecule is CCCCCCCCCCCCN1C(=O)/C(=C\c2c(C)c(C#N)c(=O)n(C)c2N2CC(C)CC(C)C2)SC1=S. The van der Waals surface area contributed by atoms with Crippen LogP contribution in [0.5, 0.6) is 0 Å². The number of pyridine rings is 1. The van der Waals surface area contributed by atoms with Gasteiger partial charge in [-0.05, 0) is 43.2 Å². The van der Waals surface area contributed by atoms with Crippen molar-refractivity contribution in [1.82, 2.24) is 9.47 Å². The molecule has 2 atom stereocenters. The summed E-state index contributed by atoms with van der Waals surface area (Å²) in [7, 11) is 1.73. The van der Waals surface area contributed by atoms with Crippen molar-refractivity contribution in [1.29, 1.82) is 5.26 Å². The van der Waals surface area contributed by atoms with Gasteiger partial charge in [-0.3, -0.25) is 19.1 Å². The number of nitrogens with zero attached hydrogens (tertiary/aromatic N) is 4. The van der Waals surface area contributed by atoms with Gasteiger partial charge in [-0.25, -0.2) is 0 Å². The fraction of sp³-hybridized carbons (Fsp3) is 0.677. The molecule has 8 heteroatoms. The van der Waals surface area contributed by atoms with Crippen LogP contribution in [0.2, 0.25) is 0 Å². The van der Waals surface area contributed by atoms with Crippen molar-refractivity contribution in [2.45, 2.75) is 98.3 Å². The van der Waals surface area contributed by atoms with Gasteiger partial charge in [-0.2, -0.15) is 5.26 Å². The van der Waals surface area contributed by atoms with E-state index in [1.165, 1.54) is 63.1 Å². The lowest BCUT2D eigenvalue weighted by molar-refractivity contribution is -0.122. The highest BCUT2D eigenvalue weighted by molar-refractivity contribution is 8.26. The fourth-order valence-electron chi connectivity index (χ4n) is 6.01. The van der Waals surface area contributed by atoms with Crippen molar-refractivity contribution in [2.75, 3.05) is 24.5 Å². The maximum atomic E-state index is 13.4. The summed E-state index contributed by atoms with van der Waals surface area (Å²) in [6, 6.07) is 2.10. The standard InChI is InChI=1S/C31H46N4O2S2/c1-6-7-8-9-10-11-12-13-14-15-16-35-30(37)27(39-31(35)38)18-25-24(4)26(19-32)29(36)33(5)28(25)34-20-22(2)17-23(3)21-34/h18,22-23H,6-17,20-21H2,1-5H3/b27-18+. The Kier molecular flexibility index (Phi) is 12.1. The number of thiocarbonyl (C=S) groups is 1. The van der Waals surface area contributed by atoms with Gasteiger partial charge in [0.1, 0.15) is 21.8 Å². The van der Waals surface area contributed by atoms with Crippen LogP contribution < -0.4 is 10.5 Å². The lowest BCUT2D eigenvalue weighted by Gasteiger charge is -2.38. The largest absolute Gasteiger partial charge is 0.357 e. The molecule has 0 aromatic carbocycles. The molecule has 214 valence electrons. The van der Waals surface area contributed by atoms with E-state index in [-0.39, 0.29) is 17.0 Å². The highest BCUT2D eigenvalue weighted by Crippen LogP contribution is 2.37. The van der Waals surface area contributed by atoms with E-state index in [1.807, 2.05) is 13.0 Å². The number of unbranched alkanes of at least 4 members (excludes halogenated alkanes) is 9. The third-order valence-corrected chi connectivity index (χ3v) is 9.40. The maximum Gasteiger partial charge on any atom is 0.270 e. The van der Waals surface area contributed by atoms with Crippen LogP contribution in [0.1, 0.15) is 108 Å². The summed E-state index contributed by atoms with van der Waals surface area (Å²) in [5.74, 6) is 1.70. The minimum absolute atomic E-state index is 0.0704. The number of rotatable bonds is 13. The van der Waals surface area contributed by atoms with Crippen LogP contribution in [0.15, 0.2) is 9.70 Å². The number of anilines is 1. The van der Waals surface area contributed by atoms with Gasteiger partial charge < -0.3 is 4.90 Å². The third-order valence-electron chi connectivity index (χ3n) is 8.02. The first-order valence-corrected chi connectivity index (χ1v) is 16.1. The van der Waals surface area contributed by atoms with Gasteiger partial charge in [0, 0.05) is 32.2 Å². The van der Waals surface area contributed by atoms with E-state index in [0.717, 1.165) is 43.7 Å². The molecule has 2 aliphatic rings. The molecule has 0 saturated carbocycles. The number of nitriles is 1. The second-order valence-electron chi connectivity index (χ2n) is 11.6. The van der Waals surface area contributed by atoms with Crippen LogP contribution in [0.25, 0.3) is 6.08 Å². The first kappa shape index (κ1) is 31.4. The van der Waals surface area contributed by atoms with Gasteiger partial charge in [0.05, 0.1) is 4.91 Å². The molecule has 1 amide bonds. The van der Waals surface area contributed by atoms with Crippen LogP contribution in [0, 0.1) is 30.1 Å². The Bertz CT molecular complexity index is 1160. The first-order chi connectivity index (χ1) is 18.7. The van der Waals surface area contributed by atoms with E-state index in [2.05, 4.69) is 31.7 Å². The number of hydrogen-bond acceptors (Lipinski definition) is 6. The second-order valence-corrected chi connectivity index (χ2v) is 13.3. The lowest BCUT2D eigenvalue weighted by atomic mass is 9.91.